The third kappa shape index (κ3) is 61.2. The van der Waals surface area contributed by atoms with Crippen molar-refractivity contribution in [1.82, 2.24) is 0 Å². The van der Waals surface area contributed by atoms with Crippen LogP contribution in [0, 0.1) is 0 Å². The van der Waals surface area contributed by atoms with Crippen molar-refractivity contribution in [3.63, 3.8) is 0 Å². The molecule has 0 amide bonds. The number of rotatable bonds is 58. The van der Waals surface area contributed by atoms with E-state index in [1.807, 2.05) is 6.08 Å². The monoisotopic (exact) mass is 1060 g/mol. The zero-order valence-electron chi connectivity index (χ0n) is 50.0. The van der Waals surface area contributed by atoms with Crippen LogP contribution < -0.4 is 0 Å². The lowest BCUT2D eigenvalue weighted by molar-refractivity contribution is -0.166. The molecule has 0 aromatic carbocycles. The van der Waals surface area contributed by atoms with Gasteiger partial charge in [-0.05, 0) is 89.9 Å². The van der Waals surface area contributed by atoms with Gasteiger partial charge in [-0.15, -0.1) is 0 Å². The molecule has 76 heavy (non-hydrogen) atoms. The van der Waals surface area contributed by atoms with E-state index in [2.05, 4.69) is 112 Å². The van der Waals surface area contributed by atoms with E-state index < -0.39 is 6.10 Å². The summed E-state index contributed by atoms with van der Waals surface area (Å²) in [4.78, 5) is 38.3. The Labute approximate surface area is 470 Å². The number of hydrogen-bond donors (Lipinski definition) is 0. The van der Waals surface area contributed by atoms with Crippen molar-refractivity contribution in [1.29, 1.82) is 0 Å². The second-order valence-electron chi connectivity index (χ2n) is 21.3. The summed E-state index contributed by atoms with van der Waals surface area (Å²) in [5.41, 5.74) is 0. The van der Waals surface area contributed by atoms with Gasteiger partial charge in [-0.3, -0.25) is 14.4 Å². The molecule has 0 aliphatic rings. The Balaban J connectivity index is 4.46. The molecule has 0 spiro atoms. The van der Waals surface area contributed by atoms with Gasteiger partial charge in [-0.25, -0.2) is 0 Å². The molecule has 436 valence electrons. The maximum atomic E-state index is 12.9. The number of carbonyl (C=O) groups excluding carboxylic acids is 3. The molecule has 0 saturated carbocycles. The molecule has 0 radical (unpaired) electrons. The summed E-state index contributed by atoms with van der Waals surface area (Å²) in [6.07, 6.45) is 85.7. The van der Waals surface area contributed by atoms with E-state index in [-0.39, 0.29) is 37.5 Å². The Hall–Kier alpha value is -3.67. The summed E-state index contributed by atoms with van der Waals surface area (Å²) in [5.74, 6) is -0.984. The van der Waals surface area contributed by atoms with Crippen LogP contribution in [0.3, 0.4) is 0 Å². The molecular formula is C70H120O6. The summed E-state index contributed by atoms with van der Waals surface area (Å²) in [5, 5.41) is 0. The van der Waals surface area contributed by atoms with Crippen LogP contribution in [0.4, 0.5) is 0 Å². The fourth-order valence-corrected chi connectivity index (χ4v) is 9.03. The molecular weight excluding hydrogens is 937 g/mol. The smallest absolute Gasteiger partial charge is 0.306 e. The molecule has 1 unspecified atom stereocenters. The standard InChI is InChI=1S/C70H120O6/c1-4-7-10-13-16-19-22-25-28-31-34-37-39-42-45-48-51-54-57-60-63-69(72)75-66-67(76-70(73)64-61-58-55-52-49-46-43-40-36-33-30-27-24-21-18-15-12-9-6-3)65-74-68(71)62-59-56-53-50-47-44-41-38-35-32-29-26-23-20-17-14-11-8-5-2/h9,12,17-18,20-21,26-27,29-30,36,40,46,49,55,58,67H,4-8,10-11,13-16,19,22-25,28,31-35,37-39,41-45,47-48,50-54,56-57,59-66H2,1-3H3/b12-9-,20-17-,21-18-,29-26-,30-27-,40-36-,49-46-,58-55-. The van der Waals surface area contributed by atoms with Crippen molar-refractivity contribution in [3.05, 3.63) is 97.2 Å². The first-order chi connectivity index (χ1) is 37.5. The maximum Gasteiger partial charge on any atom is 0.306 e. The minimum absolute atomic E-state index is 0.107. The summed E-state index contributed by atoms with van der Waals surface area (Å²) in [6.45, 7) is 6.47. The fourth-order valence-electron chi connectivity index (χ4n) is 9.03. The van der Waals surface area contributed by atoms with Crippen LogP contribution in [0.15, 0.2) is 97.2 Å². The van der Waals surface area contributed by atoms with E-state index in [0.29, 0.717) is 19.3 Å². The van der Waals surface area contributed by atoms with E-state index in [4.69, 9.17) is 14.2 Å². The predicted molar refractivity (Wildman–Crippen MR) is 330 cm³/mol. The summed E-state index contributed by atoms with van der Waals surface area (Å²) < 4.78 is 16.9. The molecule has 0 aromatic rings. The average molecular weight is 1060 g/mol. The van der Waals surface area contributed by atoms with Crippen molar-refractivity contribution in [2.75, 3.05) is 13.2 Å². The molecule has 6 nitrogen and oxygen atoms in total. The van der Waals surface area contributed by atoms with Crippen molar-refractivity contribution >= 4 is 17.9 Å². The Morgan fingerprint density at radius 3 is 0.882 bits per heavy atom. The average Bonchev–Trinajstić information content (AvgIpc) is 3.42. The molecule has 0 heterocycles. The second kappa shape index (κ2) is 63.9. The number of ether oxygens (including phenoxy) is 3. The van der Waals surface area contributed by atoms with Crippen LogP contribution in [0.1, 0.15) is 310 Å². The van der Waals surface area contributed by atoms with Gasteiger partial charge in [0.15, 0.2) is 6.10 Å². The van der Waals surface area contributed by atoms with E-state index in [1.54, 1.807) is 0 Å². The molecule has 6 heteroatoms. The van der Waals surface area contributed by atoms with Crippen LogP contribution in [0.5, 0.6) is 0 Å². The molecule has 0 rings (SSSR count). The second-order valence-corrected chi connectivity index (χ2v) is 21.3. The minimum atomic E-state index is -0.820. The van der Waals surface area contributed by atoms with E-state index in [1.165, 1.54) is 180 Å². The van der Waals surface area contributed by atoms with Crippen molar-refractivity contribution in [3.8, 4) is 0 Å². The highest BCUT2D eigenvalue weighted by Crippen LogP contribution is 2.17. The molecule has 1 atom stereocenters. The van der Waals surface area contributed by atoms with Crippen LogP contribution in [0.25, 0.3) is 0 Å². The highest BCUT2D eigenvalue weighted by Gasteiger charge is 2.19. The zero-order valence-corrected chi connectivity index (χ0v) is 50.0. The fraction of sp³-hybridized carbons (Fsp3) is 0.729. The van der Waals surface area contributed by atoms with Crippen LogP contribution in [-0.2, 0) is 28.6 Å². The molecule has 0 aliphatic carbocycles. The van der Waals surface area contributed by atoms with Gasteiger partial charge in [0.05, 0.1) is 0 Å². The first-order valence-corrected chi connectivity index (χ1v) is 32.2. The number of allylic oxidation sites excluding steroid dienone is 16. The summed E-state index contributed by atoms with van der Waals surface area (Å²) in [6, 6.07) is 0. The Bertz CT molecular complexity index is 1490. The number of carbonyl (C=O) groups is 3. The van der Waals surface area contributed by atoms with Gasteiger partial charge in [0.2, 0.25) is 0 Å². The molecule has 0 bridgehead atoms. The summed E-state index contributed by atoms with van der Waals surface area (Å²) >= 11 is 0. The lowest BCUT2D eigenvalue weighted by Gasteiger charge is -2.18. The van der Waals surface area contributed by atoms with Gasteiger partial charge in [-0.2, -0.15) is 0 Å². The van der Waals surface area contributed by atoms with Crippen LogP contribution >= 0.6 is 0 Å². The van der Waals surface area contributed by atoms with Gasteiger partial charge in [0, 0.05) is 19.3 Å². The highest BCUT2D eigenvalue weighted by atomic mass is 16.6. The summed E-state index contributed by atoms with van der Waals surface area (Å²) in [7, 11) is 0. The molecule has 0 N–H and O–H groups in total. The Morgan fingerprint density at radius 2 is 0.539 bits per heavy atom. The lowest BCUT2D eigenvalue weighted by Crippen LogP contribution is -2.30. The molecule has 0 fully saturated rings. The largest absolute Gasteiger partial charge is 0.462 e. The number of unbranched alkanes of at least 4 members (excludes halogenated alkanes) is 31. The number of hydrogen-bond acceptors (Lipinski definition) is 6. The third-order valence-electron chi connectivity index (χ3n) is 13.8. The molecule has 0 aliphatic heterocycles. The van der Waals surface area contributed by atoms with E-state index >= 15 is 0 Å². The molecule has 0 aromatic heterocycles. The first kappa shape index (κ1) is 72.3. The third-order valence-corrected chi connectivity index (χ3v) is 13.8. The topological polar surface area (TPSA) is 78.9 Å². The SMILES string of the molecule is CC/C=C\C/C=C\C/C=C\C/C=C\C/C=C\C/C=C\CCC(=O)OC(COC(=O)CCCCCCCCCCC/C=C\C/C=C\CCCCC)COC(=O)CCCCCCCCCCCCCCCCCCCCCC. The highest BCUT2D eigenvalue weighted by molar-refractivity contribution is 5.71. The van der Waals surface area contributed by atoms with Gasteiger partial charge < -0.3 is 14.2 Å². The van der Waals surface area contributed by atoms with E-state index in [0.717, 1.165) is 83.5 Å². The van der Waals surface area contributed by atoms with Gasteiger partial charge in [-0.1, -0.05) is 298 Å². The van der Waals surface area contributed by atoms with Crippen LogP contribution in [0.2, 0.25) is 0 Å². The van der Waals surface area contributed by atoms with Gasteiger partial charge in [0.25, 0.3) is 0 Å². The molecule has 0 saturated heterocycles. The Morgan fingerprint density at radius 1 is 0.276 bits per heavy atom. The van der Waals surface area contributed by atoms with Crippen LogP contribution in [-0.4, -0.2) is 37.2 Å². The van der Waals surface area contributed by atoms with Crippen molar-refractivity contribution < 1.29 is 28.6 Å². The number of esters is 3. The van der Waals surface area contributed by atoms with Gasteiger partial charge in [0.1, 0.15) is 13.2 Å². The van der Waals surface area contributed by atoms with Crippen molar-refractivity contribution in [2.45, 2.75) is 316 Å². The lowest BCUT2D eigenvalue weighted by atomic mass is 10.0. The predicted octanol–water partition coefficient (Wildman–Crippen LogP) is 22.0. The van der Waals surface area contributed by atoms with E-state index in [9.17, 15) is 14.4 Å². The minimum Gasteiger partial charge on any atom is -0.462 e. The van der Waals surface area contributed by atoms with Gasteiger partial charge >= 0.3 is 17.9 Å². The zero-order chi connectivity index (χ0) is 55.0. The Kier molecular flexibility index (Phi) is 60.8. The normalized spacial score (nSPS) is 12.7. The van der Waals surface area contributed by atoms with Crippen molar-refractivity contribution in [2.24, 2.45) is 0 Å². The quantitative estimate of drug-likeness (QED) is 0.0261. The maximum absolute atomic E-state index is 12.9. The first-order valence-electron chi connectivity index (χ1n) is 32.2.